The molecule has 0 N–H and O–H groups in total. The van der Waals surface area contributed by atoms with Crippen LogP contribution in [0.2, 0.25) is 10.0 Å². The van der Waals surface area contributed by atoms with Crippen molar-refractivity contribution in [3.63, 3.8) is 0 Å². The highest BCUT2D eigenvalue weighted by atomic mass is 35.5. The lowest BCUT2D eigenvalue weighted by atomic mass is 10.2. The van der Waals surface area contributed by atoms with Gasteiger partial charge in [-0.3, -0.25) is 4.79 Å². The molecule has 144 valence electrons. The fourth-order valence-electron chi connectivity index (χ4n) is 2.07. The van der Waals surface area contributed by atoms with E-state index < -0.39 is 0 Å². The van der Waals surface area contributed by atoms with Gasteiger partial charge in [-0.15, -0.1) is 0 Å². The predicted octanol–water partition coefficient (Wildman–Crippen LogP) is 5.86. The summed E-state index contributed by atoms with van der Waals surface area (Å²) in [7, 11) is 0. The molecule has 27 heavy (non-hydrogen) atoms. The maximum atomic E-state index is 11.8. The lowest BCUT2D eigenvalue weighted by Crippen LogP contribution is -2.14. The number of hydrogen-bond donors (Lipinski definition) is 0. The average molecular weight is 450 g/mol. The summed E-state index contributed by atoms with van der Waals surface area (Å²) in [6, 6.07) is 12.4. The Labute approximate surface area is 177 Å². The molecule has 0 fully saturated rings. The lowest BCUT2D eigenvalue weighted by Gasteiger charge is -2.12. The Kier molecular flexibility index (Phi) is 9.08. The van der Waals surface area contributed by atoms with Crippen molar-refractivity contribution >= 4 is 52.4 Å². The van der Waals surface area contributed by atoms with Crippen LogP contribution in [0.3, 0.4) is 0 Å². The molecule has 0 aromatic heterocycles. The monoisotopic (exact) mass is 448 g/mol. The molecular weight excluding hydrogens is 434 g/mol. The molecule has 0 heterocycles. The van der Waals surface area contributed by atoms with Crippen LogP contribution in [0.15, 0.2) is 53.0 Å². The molecule has 4 nitrogen and oxygen atoms in total. The van der Waals surface area contributed by atoms with Gasteiger partial charge in [0.2, 0.25) is 0 Å². The number of carbonyl (C=O) groups excluding carboxylic acids is 1. The van der Waals surface area contributed by atoms with Crippen molar-refractivity contribution in [3.05, 3.63) is 68.6 Å². The summed E-state index contributed by atoms with van der Waals surface area (Å²) in [6.45, 7) is 0.368. The number of hydrogen-bond acceptors (Lipinski definition) is 4. The number of benzene rings is 2. The van der Waals surface area contributed by atoms with E-state index in [4.69, 9.17) is 60.6 Å². The summed E-state index contributed by atoms with van der Waals surface area (Å²) in [5.41, 5.74) is 0.885. The topological polar surface area (TPSA) is 44.8 Å². The van der Waals surface area contributed by atoms with E-state index >= 15 is 0 Å². The van der Waals surface area contributed by atoms with Crippen molar-refractivity contribution in [3.8, 4) is 11.5 Å². The van der Waals surface area contributed by atoms with Gasteiger partial charge in [-0.05, 0) is 11.6 Å². The number of rotatable bonds is 9. The molecule has 0 amide bonds. The third kappa shape index (κ3) is 7.89. The Morgan fingerprint density at radius 3 is 2.26 bits per heavy atom. The Bertz CT molecular complexity index is 767. The van der Waals surface area contributed by atoms with Gasteiger partial charge in [0.15, 0.2) is 5.75 Å². The summed E-state index contributed by atoms with van der Waals surface area (Å²) in [4.78, 5) is 11.8. The van der Waals surface area contributed by atoms with Crippen molar-refractivity contribution in [2.24, 2.45) is 0 Å². The standard InChI is InChI=1S/C19H16Cl4O4/c20-15-11-14(25-7-6-17(22)23)12-16(21)19(15)27-9-8-26-18(24)10-13-4-2-1-3-5-13/h1-6,11-12H,7-10H2. The van der Waals surface area contributed by atoms with Crippen LogP contribution >= 0.6 is 46.4 Å². The van der Waals surface area contributed by atoms with Crippen LogP contribution in [-0.2, 0) is 16.0 Å². The zero-order valence-electron chi connectivity index (χ0n) is 14.1. The van der Waals surface area contributed by atoms with Crippen LogP contribution in [0.1, 0.15) is 5.56 Å². The highest BCUT2D eigenvalue weighted by molar-refractivity contribution is 6.55. The molecule has 0 aliphatic heterocycles. The van der Waals surface area contributed by atoms with Gasteiger partial charge in [0, 0.05) is 12.1 Å². The molecule has 0 saturated carbocycles. The Morgan fingerprint density at radius 1 is 0.963 bits per heavy atom. The first kappa shape index (κ1) is 21.7. The highest BCUT2D eigenvalue weighted by Gasteiger charge is 2.11. The Hall–Kier alpha value is -1.59. The van der Waals surface area contributed by atoms with Gasteiger partial charge in [-0.2, -0.15) is 0 Å². The second-order valence-corrected chi connectivity index (χ2v) is 7.07. The summed E-state index contributed by atoms with van der Waals surface area (Å²) >= 11 is 23.3. The van der Waals surface area contributed by atoms with Crippen LogP contribution < -0.4 is 9.47 Å². The molecule has 0 spiro atoms. The zero-order chi connectivity index (χ0) is 19.6. The van der Waals surface area contributed by atoms with Crippen molar-refractivity contribution in [1.29, 1.82) is 0 Å². The van der Waals surface area contributed by atoms with Crippen LogP contribution in [-0.4, -0.2) is 25.8 Å². The third-order valence-corrected chi connectivity index (χ3v) is 4.11. The molecule has 0 unspecified atom stereocenters. The number of halogens is 4. The van der Waals surface area contributed by atoms with Crippen molar-refractivity contribution in [2.75, 3.05) is 19.8 Å². The predicted molar refractivity (Wildman–Crippen MR) is 108 cm³/mol. The van der Waals surface area contributed by atoms with Gasteiger partial charge >= 0.3 is 5.97 Å². The second kappa shape index (κ2) is 11.3. The molecule has 0 atom stereocenters. The highest BCUT2D eigenvalue weighted by Crippen LogP contribution is 2.37. The van der Waals surface area contributed by atoms with E-state index in [0.717, 1.165) is 5.56 Å². The number of carbonyl (C=O) groups is 1. The molecule has 2 rings (SSSR count). The minimum Gasteiger partial charge on any atom is -0.489 e. The van der Waals surface area contributed by atoms with E-state index in [1.807, 2.05) is 30.3 Å². The third-order valence-electron chi connectivity index (χ3n) is 3.24. The van der Waals surface area contributed by atoms with Gasteiger partial charge in [0.05, 0.1) is 16.5 Å². The van der Waals surface area contributed by atoms with E-state index in [2.05, 4.69) is 0 Å². The molecule has 0 bridgehead atoms. The van der Waals surface area contributed by atoms with Gasteiger partial charge in [0.1, 0.15) is 30.1 Å². The summed E-state index contributed by atoms with van der Waals surface area (Å²) in [5, 5.41) is 0.545. The van der Waals surface area contributed by atoms with Crippen LogP contribution in [0.4, 0.5) is 0 Å². The molecule has 0 radical (unpaired) electrons. The first-order valence-electron chi connectivity index (χ1n) is 7.91. The van der Waals surface area contributed by atoms with Crippen molar-refractivity contribution < 1.29 is 19.0 Å². The molecular formula is C19H16Cl4O4. The Morgan fingerprint density at radius 2 is 1.63 bits per heavy atom. The maximum Gasteiger partial charge on any atom is 0.310 e. The molecule has 8 heteroatoms. The number of esters is 1. The summed E-state index contributed by atoms with van der Waals surface area (Å²) < 4.78 is 16.2. The largest absolute Gasteiger partial charge is 0.489 e. The van der Waals surface area contributed by atoms with E-state index in [-0.39, 0.29) is 52.5 Å². The first-order chi connectivity index (χ1) is 13.0. The minimum atomic E-state index is -0.336. The second-order valence-electron chi connectivity index (χ2n) is 5.25. The van der Waals surface area contributed by atoms with Gasteiger partial charge in [-0.25, -0.2) is 0 Å². The lowest BCUT2D eigenvalue weighted by molar-refractivity contribution is -0.143. The fraction of sp³-hybridized carbons (Fsp3) is 0.211. The SMILES string of the molecule is O=C(Cc1ccccc1)OCCOc1c(Cl)cc(OCC=C(Cl)Cl)cc1Cl. The molecule has 0 aliphatic carbocycles. The fourth-order valence-corrected chi connectivity index (χ4v) is 2.77. The zero-order valence-corrected chi connectivity index (χ0v) is 17.1. The minimum absolute atomic E-state index is 0.0790. The number of ether oxygens (including phenoxy) is 3. The Balaban J connectivity index is 1.79. The first-order valence-corrected chi connectivity index (χ1v) is 9.42. The van der Waals surface area contributed by atoms with Gasteiger partial charge < -0.3 is 14.2 Å². The summed E-state index contributed by atoms with van der Waals surface area (Å²) in [6.07, 6.45) is 1.69. The molecule has 2 aromatic carbocycles. The smallest absolute Gasteiger partial charge is 0.310 e. The average Bonchev–Trinajstić information content (AvgIpc) is 2.61. The van der Waals surface area contributed by atoms with Crippen molar-refractivity contribution in [2.45, 2.75) is 6.42 Å². The molecule has 0 saturated heterocycles. The van der Waals surface area contributed by atoms with Crippen LogP contribution in [0, 0.1) is 0 Å². The van der Waals surface area contributed by atoms with E-state index in [0.29, 0.717) is 5.75 Å². The van der Waals surface area contributed by atoms with Gasteiger partial charge in [0.25, 0.3) is 0 Å². The van der Waals surface area contributed by atoms with E-state index in [9.17, 15) is 4.79 Å². The quantitative estimate of drug-likeness (QED) is 0.355. The van der Waals surface area contributed by atoms with E-state index in [1.165, 1.54) is 6.08 Å². The molecule has 2 aromatic rings. The van der Waals surface area contributed by atoms with Crippen molar-refractivity contribution in [1.82, 2.24) is 0 Å². The van der Waals surface area contributed by atoms with Crippen LogP contribution in [0.25, 0.3) is 0 Å². The van der Waals surface area contributed by atoms with Crippen LogP contribution in [0.5, 0.6) is 11.5 Å². The maximum absolute atomic E-state index is 11.8. The molecule has 0 aliphatic rings. The van der Waals surface area contributed by atoms with Gasteiger partial charge in [-0.1, -0.05) is 76.7 Å². The van der Waals surface area contributed by atoms with E-state index in [1.54, 1.807) is 12.1 Å². The summed E-state index contributed by atoms with van der Waals surface area (Å²) in [5.74, 6) is 0.393. The normalized spacial score (nSPS) is 10.2.